The van der Waals surface area contributed by atoms with Crippen LogP contribution in [0.3, 0.4) is 0 Å². The maximum absolute atomic E-state index is 14.1. The molecule has 0 aliphatic carbocycles. The van der Waals surface area contributed by atoms with Gasteiger partial charge in [0.05, 0.1) is 24.4 Å². The van der Waals surface area contributed by atoms with Crippen molar-refractivity contribution in [1.82, 2.24) is 24.4 Å². The fourth-order valence-electron chi connectivity index (χ4n) is 5.28. The molecule has 2 fully saturated rings. The van der Waals surface area contributed by atoms with Gasteiger partial charge in [0.2, 0.25) is 5.91 Å². The van der Waals surface area contributed by atoms with E-state index in [-0.39, 0.29) is 24.3 Å². The largest absolute Gasteiger partial charge is 0.444 e. The van der Waals surface area contributed by atoms with Gasteiger partial charge in [-0.1, -0.05) is 0 Å². The number of hydrogen-bond donors (Lipinski definition) is 0. The third-order valence-electron chi connectivity index (χ3n) is 7.08. The van der Waals surface area contributed by atoms with E-state index >= 15 is 0 Å². The van der Waals surface area contributed by atoms with Crippen molar-refractivity contribution >= 4 is 23.5 Å². The van der Waals surface area contributed by atoms with Gasteiger partial charge >= 0.3 is 6.09 Å². The minimum Gasteiger partial charge on any atom is -0.444 e. The summed E-state index contributed by atoms with van der Waals surface area (Å²) in [6, 6.07) is 1.84. The maximum Gasteiger partial charge on any atom is 0.410 e. The summed E-state index contributed by atoms with van der Waals surface area (Å²) in [6.07, 6.45) is 3.41. The number of nitrogens with zero attached hydrogens (tertiary/aromatic N) is 6. The number of halogens is 2. The van der Waals surface area contributed by atoms with Crippen molar-refractivity contribution in [3.63, 3.8) is 0 Å². The molecule has 0 spiro atoms. The van der Waals surface area contributed by atoms with Gasteiger partial charge in [-0.3, -0.25) is 4.79 Å². The summed E-state index contributed by atoms with van der Waals surface area (Å²) < 4.78 is 35.5. The topological polar surface area (TPSA) is 83.3 Å². The minimum absolute atomic E-state index is 0.158. The fraction of sp³-hybridized carbons (Fsp3) is 0.680. The van der Waals surface area contributed by atoms with Crippen molar-refractivity contribution in [2.75, 3.05) is 44.2 Å². The van der Waals surface area contributed by atoms with E-state index in [1.165, 1.54) is 4.90 Å². The summed E-state index contributed by atoms with van der Waals surface area (Å²) in [5.74, 6) is -2.46. The molecule has 3 aliphatic heterocycles. The van der Waals surface area contributed by atoms with Crippen LogP contribution in [0.25, 0.3) is 5.65 Å². The van der Waals surface area contributed by atoms with Crippen LogP contribution in [-0.4, -0.2) is 87.2 Å². The Morgan fingerprint density at radius 2 is 1.83 bits per heavy atom. The molecule has 3 aliphatic rings. The van der Waals surface area contributed by atoms with E-state index in [9.17, 15) is 18.4 Å². The monoisotopic (exact) mass is 504 g/mol. The van der Waals surface area contributed by atoms with Crippen LogP contribution in [0.15, 0.2) is 12.3 Å². The zero-order valence-corrected chi connectivity index (χ0v) is 21.2. The van der Waals surface area contributed by atoms with E-state index in [4.69, 9.17) is 9.72 Å². The lowest BCUT2D eigenvalue weighted by molar-refractivity contribution is -0.141. The molecule has 0 radical (unpaired) electrons. The molecule has 0 unspecified atom stereocenters. The van der Waals surface area contributed by atoms with Gasteiger partial charge in [-0.15, -0.1) is 0 Å². The first-order chi connectivity index (χ1) is 17.0. The Kier molecular flexibility index (Phi) is 6.28. The number of ether oxygens (including phenoxy) is 1. The molecular formula is C25H34F2N6O3. The Hall–Kier alpha value is -2.98. The first-order valence-electron chi connectivity index (χ1n) is 12.8. The molecule has 2 aromatic heterocycles. The van der Waals surface area contributed by atoms with E-state index in [0.717, 1.165) is 17.1 Å². The summed E-state index contributed by atoms with van der Waals surface area (Å²) in [6.45, 7) is 7.33. The van der Waals surface area contributed by atoms with Crippen molar-refractivity contribution < 1.29 is 23.1 Å². The molecule has 2 saturated heterocycles. The lowest BCUT2D eigenvalue weighted by Crippen LogP contribution is -2.56. The van der Waals surface area contributed by atoms with Gasteiger partial charge in [-0.05, 0) is 40.0 Å². The van der Waals surface area contributed by atoms with Crippen LogP contribution in [0.2, 0.25) is 0 Å². The number of aromatic nitrogens is 3. The summed E-state index contributed by atoms with van der Waals surface area (Å²) in [4.78, 5) is 35.7. The van der Waals surface area contributed by atoms with Crippen molar-refractivity contribution in [3.8, 4) is 0 Å². The quantitative estimate of drug-likeness (QED) is 0.625. The Labute approximate surface area is 209 Å². The molecular weight excluding hydrogens is 470 g/mol. The third-order valence-corrected chi connectivity index (χ3v) is 7.08. The van der Waals surface area contributed by atoms with Crippen LogP contribution in [-0.2, 0) is 22.4 Å². The van der Waals surface area contributed by atoms with Crippen LogP contribution in [0.1, 0.15) is 51.3 Å². The van der Waals surface area contributed by atoms with Gasteiger partial charge in [0.15, 0.2) is 5.65 Å². The van der Waals surface area contributed by atoms with Crippen LogP contribution in [0, 0.1) is 5.92 Å². The second-order valence-electron chi connectivity index (χ2n) is 11.1. The molecule has 2 amide bonds. The number of likely N-dealkylation sites (tertiary alicyclic amines) is 1. The molecule has 9 nitrogen and oxygen atoms in total. The van der Waals surface area contributed by atoms with Crippen molar-refractivity contribution in [2.45, 2.75) is 64.4 Å². The second kappa shape index (κ2) is 9.15. The lowest BCUT2D eigenvalue weighted by Gasteiger charge is -2.43. The van der Waals surface area contributed by atoms with Gasteiger partial charge in [0.25, 0.3) is 5.92 Å². The third kappa shape index (κ3) is 4.97. The predicted octanol–water partition coefficient (Wildman–Crippen LogP) is 3.15. The average molecular weight is 505 g/mol. The summed E-state index contributed by atoms with van der Waals surface area (Å²) in [7, 11) is 0. The normalized spacial score (nSPS) is 21.0. The van der Waals surface area contributed by atoms with Crippen molar-refractivity contribution in [3.05, 3.63) is 23.5 Å². The number of alkyl halides is 2. The van der Waals surface area contributed by atoms with E-state index < -0.39 is 18.1 Å². The highest BCUT2D eigenvalue weighted by Crippen LogP contribution is 2.34. The number of anilines is 1. The molecule has 196 valence electrons. The number of rotatable bonds is 2. The van der Waals surface area contributed by atoms with Gasteiger partial charge in [0.1, 0.15) is 11.4 Å². The highest BCUT2D eigenvalue weighted by atomic mass is 19.3. The molecule has 0 bridgehead atoms. The molecule has 5 heterocycles. The number of carbonyl (C=O) groups is 2. The van der Waals surface area contributed by atoms with Gasteiger partial charge in [0, 0.05) is 57.2 Å². The zero-order chi connectivity index (χ0) is 25.7. The van der Waals surface area contributed by atoms with Crippen molar-refractivity contribution in [2.24, 2.45) is 5.92 Å². The maximum atomic E-state index is 14.1. The number of amides is 2. The first kappa shape index (κ1) is 24.7. The first-order valence-corrected chi connectivity index (χ1v) is 12.8. The second-order valence-corrected chi connectivity index (χ2v) is 11.1. The number of fused-ring (bicyclic) bond motifs is 2. The molecule has 0 N–H and O–H groups in total. The fourth-order valence-corrected chi connectivity index (χ4v) is 5.28. The molecule has 11 heteroatoms. The smallest absolute Gasteiger partial charge is 0.410 e. The molecule has 0 saturated carbocycles. The highest BCUT2D eigenvalue weighted by molar-refractivity contribution is 5.82. The van der Waals surface area contributed by atoms with Crippen LogP contribution in [0.4, 0.5) is 19.4 Å². The Balaban J connectivity index is 1.34. The molecule has 5 rings (SSSR count). The molecule has 0 aromatic carbocycles. The lowest BCUT2D eigenvalue weighted by atomic mass is 9.96. The highest BCUT2D eigenvalue weighted by Gasteiger charge is 2.42. The summed E-state index contributed by atoms with van der Waals surface area (Å²) in [5, 5.41) is 4.47. The zero-order valence-electron chi connectivity index (χ0n) is 21.2. The average Bonchev–Trinajstić information content (AvgIpc) is 3.00. The molecule has 36 heavy (non-hydrogen) atoms. The number of carbonyl (C=O) groups excluding carboxylic acids is 2. The van der Waals surface area contributed by atoms with Crippen LogP contribution < -0.4 is 4.90 Å². The van der Waals surface area contributed by atoms with E-state index in [0.29, 0.717) is 64.1 Å². The Morgan fingerprint density at radius 1 is 1.08 bits per heavy atom. The van der Waals surface area contributed by atoms with E-state index in [1.54, 1.807) is 15.6 Å². The van der Waals surface area contributed by atoms with Gasteiger partial charge < -0.3 is 19.4 Å². The minimum atomic E-state index is -2.82. The number of hydrogen-bond acceptors (Lipinski definition) is 6. The Morgan fingerprint density at radius 3 is 2.58 bits per heavy atom. The predicted molar refractivity (Wildman–Crippen MR) is 129 cm³/mol. The molecule has 2 aromatic rings. The van der Waals surface area contributed by atoms with Crippen LogP contribution >= 0.6 is 0 Å². The van der Waals surface area contributed by atoms with Crippen molar-refractivity contribution in [1.29, 1.82) is 0 Å². The summed E-state index contributed by atoms with van der Waals surface area (Å²) >= 11 is 0. The molecule has 0 atom stereocenters. The summed E-state index contributed by atoms with van der Waals surface area (Å²) in [5.41, 5.74) is 2.04. The van der Waals surface area contributed by atoms with E-state index in [1.807, 2.05) is 26.8 Å². The van der Waals surface area contributed by atoms with Crippen LogP contribution in [0.5, 0.6) is 0 Å². The standard InChI is InChI=1S/C25H34F2N6O3/c1-24(2,3)36-23(35)30-12-7-18-19(8-13-30)29-20-6-10-28-33(20)21(18)32-14-17(15-32)22(34)31-11-5-4-9-25(26,27)16-31/h6,10,17H,4-5,7-9,11-16H2,1-3H3. The Bertz CT molecular complexity index is 1150. The van der Waals surface area contributed by atoms with Gasteiger partial charge in [-0.2, -0.15) is 9.61 Å². The van der Waals surface area contributed by atoms with Gasteiger partial charge in [-0.25, -0.2) is 18.6 Å². The van der Waals surface area contributed by atoms with E-state index in [2.05, 4.69) is 10.00 Å². The SMILES string of the molecule is CC(C)(C)OC(=O)N1CCc2nc3ccnn3c(N3CC(C(=O)N4CCCCC(F)(F)C4)C3)c2CC1.